The first-order valence-electron chi connectivity index (χ1n) is 6.12. The average Bonchev–Trinajstić information content (AvgIpc) is 2.77. The zero-order chi connectivity index (χ0) is 12.3. The SMILES string of the molecule is COc1ccccc1CC(O)C1COC(C)C1. The molecule has 1 aliphatic rings. The highest BCUT2D eigenvalue weighted by Gasteiger charge is 2.28. The van der Waals surface area contributed by atoms with Crippen molar-refractivity contribution in [2.75, 3.05) is 13.7 Å². The van der Waals surface area contributed by atoms with Gasteiger partial charge in [-0.15, -0.1) is 0 Å². The lowest BCUT2D eigenvalue weighted by molar-refractivity contribution is 0.0803. The second-order valence-electron chi connectivity index (χ2n) is 4.72. The fraction of sp³-hybridized carbons (Fsp3) is 0.571. The lowest BCUT2D eigenvalue weighted by atomic mass is 9.94. The maximum atomic E-state index is 10.2. The van der Waals surface area contributed by atoms with Crippen LogP contribution >= 0.6 is 0 Å². The molecule has 1 N–H and O–H groups in total. The maximum Gasteiger partial charge on any atom is 0.122 e. The van der Waals surface area contributed by atoms with Crippen molar-refractivity contribution >= 4 is 0 Å². The number of aliphatic hydroxyl groups excluding tert-OH is 1. The number of ether oxygens (including phenoxy) is 2. The summed E-state index contributed by atoms with van der Waals surface area (Å²) in [4.78, 5) is 0. The Morgan fingerprint density at radius 2 is 2.24 bits per heavy atom. The number of aliphatic hydroxyl groups is 1. The summed E-state index contributed by atoms with van der Waals surface area (Å²) < 4.78 is 10.8. The smallest absolute Gasteiger partial charge is 0.122 e. The summed E-state index contributed by atoms with van der Waals surface area (Å²) in [6.45, 7) is 2.72. The summed E-state index contributed by atoms with van der Waals surface area (Å²) in [5.74, 6) is 1.09. The highest BCUT2D eigenvalue weighted by molar-refractivity contribution is 5.33. The van der Waals surface area contributed by atoms with E-state index in [1.807, 2.05) is 24.3 Å². The van der Waals surface area contributed by atoms with Gasteiger partial charge in [0.15, 0.2) is 0 Å². The highest BCUT2D eigenvalue weighted by atomic mass is 16.5. The van der Waals surface area contributed by atoms with Crippen molar-refractivity contribution < 1.29 is 14.6 Å². The van der Waals surface area contributed by atoms with Crippen molar-refractivity contribution in [3.8, 4) is 5.75 Å². The Bertz CT molecular complexity index is 364. The van der Waals surface area contributed by atoms with Gasteiger partial charge in [-0.05, 0) is 25.0 Å². The van der Waals surface area contributed by atoms with Crippen molar-refractivity contribution in [2.45, 2.75) is 32.0 Å². The van der Waals surface area contributed by atoms with Gasteiger partial charge in [0.25, 0.3) is 0 Å². The molecular weight excluding hydrogens is 216 g/mol. The van der Waals surface area contributed by atoms with Gasteiger partial charge in [0.2, 0.25) is 0 Å². The van der Waals surface area contributed by atoms with E-state index in [1.165, 1.54) is 0 Å². The fourth-order valence-electron chi connectivity index (χ4n) is 2.38. The van der Waals surface area contributed by atoms with Gasteiger partial charge >= 0.3 is 0 Å². The third-order valence-electron chi connectivity index (χ3n) is 3.40. The van der Waals surface area contributed by atoms with E-state index in [0.29, 0.717) is 13.0 Å². The molecule has 3 atom stereocenters. The van der Waals surface area contributed by atoms with Crippen LogP contribution in [0.2, 0.25) is 0 Å². The number of para-hydroxylation sites is 1. The minimum Gasteiger partial charge on any atom is -0.496 e. The molecule has 2 rings (SSSR count). The molecule has 0 spiro atoms. The van der Waals surface area contributed by atoms with Crippen LogP contribution in [0.5, 0.6) is 5.75 Å². The molecule has 0 aromatic heterocycles. The van der Waals surface area contributed by atoms with Gasteiger partial charge in [-0.25, -0.2) is 0 Å². The summed E-state index contributed by atoms with van der Waals surface area (Å²) in [7, 11) is 1.66. The van der Waals surface area contributed by atoms with E-state index < -0.39 is 0 Å². The summed E-state index contributed by atoms with van der Waals surface area (Å²) in [5, 5.41) is 10.2. The molecule has 1 fully saturated rings. The quantitative estimate of drug-likeness (QED) is 0.869. The number of rotatable bonds is 4. The van der Waals surface area contributed by atoms with Gasteiger partial charge in [-0.3, -0.25) is 0 Å². The van der Waals surface area contributed by atoms with Crippen LogP contribution in [0.4, 0.5) is 0 Å². The highest BCUT2D eigenvalue weighted by Crippen LogP contribution is 2.26. The normalized spacial score (nSPS) is 25.8. The molecule has 1 aliphatic heterocycles. The molecule has 1 aromatic carbocycles. The second-order valence-corrected chi connectivity index (χ2v) is 4.72. The second kappa shape index (κ2) is 5.52. The molecule has 3 heteroatoms. The maximum absolute atomic E-state index is 10.2. The first kappa shape index (κ1) is 12.4. The van der Waals surface area contributed by atoms with Gasteiger partial charge in [0.05, 0.1) is 25.9 Å². The molecule has 0 amide bonds. The molecule has 3 nitrogen and oxygen atoms in total. The van der Waals surface area contributed by atoms with Crippen molar-refractivity contribution in [3.63, 3.8) is 0 Å². The van der Waals surface area contributed by atoms with E-state index in [1.54, 1.807) is 7.11 Å². The van der Waals surface area contributed by atoms with Crippen molar-refractivity contribution in [1.82, 2.24) is 0 Å². The molecular formula is C14H20O3. The number of hydrogen-bond donors (Lipinski definition) is 1. The van der Waals surface area contributed by atoms with Gasteiger partial charge in [-0.1, -0.05) is 18.2 Å². The molecule has 0 saturated carbocycles. The Labute approximate surface area is 102 Å². The van der Waals surface area contributed by atoms with Crippen LogP contribution in [0.25, 0.3) is 0 Å². The van der Waals surface area contributed by atoms with Crippen molar-refractivity contribution in [3.05, 3.63) is 29.8 Å². The number of benzene rings is 1. The van der Waals surface area contributed by atoms with Gasteiger partial charge in [-0.2, -0.15) is 0 Å². The minimum atomic E-state index is -0.351. The Morgan fingerprint density at radius 3 is 2.88 bits per heavy atom. The summed E-state index contributed by atoms with van der Waals surface area (Å²) in [5.41, 5.74) is 1.06. The first-order valence-corrected chi connectivity index (χ1v) is 6.12. The predicted molar refractivity (Wildman–Crippen MR) is 66.2 cm³/mol. The Kier molecular flexibility index (Phi) is 4.02. The van der Waals surface area contributed by atoms with E-state index in [4.69, 9.17) is 9.47 Å². The Morgan fingerprint density at radius 1 is 1.47 bits per heavy atom. The summed E-state index contributed by atoms with van der Waals surface area (Å²) in [6.07, 6.45) is 1.49. The molecule has 3 unspecified atom stereocenters. The van der Waals surface area contributed by atoms with Crippen molar-refractivity contribution in [1.29, 1.82) is 0 Å². The number of methoxy groups -OCH3 is 1. The zero-order valence-electron chi connectivity index (χ0n) is 10.4. The third-order valence-corrected chi connectivity index (χ3v) is 3.40. The van der Waals surface area contributed by atoms with Crippen LogP contribution in [-0.4, -0.2) is 31.0 Å². The first-order chi connectivity index (χ1) is 8.20. The van der Waals surface area contributed by atoms with Crippen LogP contribution < -0.4 is 4.74 Å². The number of hydrogen-bond acceptors (Lipinski definition) is 3. The van der Waals surface area contributed by atoms with Crippen molar-refractivity contribution in [2.24, 2.45) is 5.92 Å². The molecule has 0 radical (unpaired) electrons. The minimum absolute atomic E-state index is 0.245. The molecule has 1 aromatic rings. The van der Waals surface area contributed by atoms with E-state index in [2.05, 4.69) is 6.92 Å². The topological polar surface area (TPSA) is 38.7 Å². The van der Waals surface area contributed by atoms with Crippen LogP contribution in [0, 0.1) is 5.92 Å². The molecule has 0 aliphatic carbocycles. The standard InChI is InChI=1S/C14H20O3/c1-10-7-12(9-17-10)13(15)8-11-5-3-4-6-14(11)16-2/h3-6,10,12-13,15H,7-9H2,1-2H3. The molecule has 17 heavy (non-hydrogen) atoms. The van der Waals surface area contributed by atoms with Crippen LogP contribution in [0.1, 0.15) is 18.9 Å². The lowest BCUT2D eigenvalue weighted by Gasteiger charge is -2.18. The van der Waals surface area contributed by atoms with E-state index in [9.17, 15) is 5.11 Å². The molecule has 1 saturated heterocycles. The lowest BCUT2D eigenvalue weighted by Crippen LogP contribution is -2.23. The summed E-state index contributed by atoms with van der Waals surface area (Å²) in [6, 6.07) is 7.84. The third kappa shape index (κ3) is 2.99. The average molecular weight is 236 g/mol. The van der Waals surface area contributed by atoms with Crippen LogP contribution in [0.15, 0.2) is 24.3 Å². The summed E-state index contributed by atoms with van der Waals surface area (Å²) >= 11 is 0. The van der Waals surface area contributed by atoms with E-state index in [0.717, 1.165) is 17.7 Å². The van der Waals surface area contributed by atoms with Crippen LogP contribution in [-0.2, 0) is 11.2 Å². The largest absolute Gasteiger partial charge is 0.496 e. The zero-order valence-corrected chi connectivity index (χ0v) is 10.4. The van der Waals surface area contributed by atoms with Gasteiger partial charge < -0.3 is 14.6 Å². The van der Waals surface area contributed by atoms with E-state index in [-0.39, 0.29) is 18.1 Å². The fourth-order valence-corrected chi connectivity index (χ4v) is 2.38. The monoisotopic (exact) mass is 236 g/mol. The van der Waals surface area contributed by atoms with E-state index >= 15 is 0 Å². The molecule has 0 bridgehead atoms. The van der Waals surface area contributed by atoms with Gasteiger partial charge in [0, 0.05) is 12.3 Å². The molecule has 1 heterocycles. The Balaban J connectivity index is 2.00. The van der Waals surface area contributed by atoms with Crippen LogP contribution in [0.3, 0.4) is 0 Å². The van der Waals surface area contributed by atoms with Gasteiger partial charge in [0.1, 0.15) is 5.75 Å². The predicted octanol–water partition coefficient (Wildman–Crippen LogP) is 2.02. The Hall–Kier alpha value is -1.06. The molecule has 94 valence electrons.